The number of halogens is 2. The van der Waals surface area contributed by atoms with E-state index >= 15 is 4.39 Å². The van der Waals surface area contributed by atoms with Crippen LogP contribution in [0, 0.1) is 18.7 Å². The fourth-order valence-electron chi connectivity index (χ4n) is 5.24. The molecular weight excluding hydrogens is 478 g/mol. The highest BCUT2D eigenvalue weighted by Crippen LogP contribution is 2.37. The van der Waals surface area contributed by atoms with Crippen molar-refractivity contribution in [3.8, 4) is 11.1 Å². The van der Waals surface area contributed by atoms with Gasteiger partial charge in [-0.1, -0.05) is 6.07 Å². The lowest BCUT2D eigenvalue weighted by atomic mass is 9.89. The normalized spacial score (nSPS) is 18.4. The van der Waals surface area contributed by atoms with Gasteiger partial charge in [0.2, 0.25) is 5.95 Å². The van der Waals surface area contributed by atoms with Crippen LogP contribution in [0.1, 0.15) is 68.2 Å². The molecule has 2 aromatic heterocycles. The van der Waals surface area contributed by atoms with Gasteiger partial charge in [-0.2, -0.15) is 4.39 Å². The molecule has 3 aromatic rings. The molecule has 2 fully saturated rings. The van der Waals surface area contributed by atoms with Crippen LogP contribution in [0.3, 0.4) is 0 Å². The third-order valence-corrected chi connectivity index (χ3v) is 7.21. The second kappa shape index (κ2) is 9.11. The number of benzene rings is 1. The lowest BCUT2D eigenvalue weighted by molar-refractivity contribution is 0.00815. The molecule has 0 saturated carbocycles. The summed E-state index contributed by atoms with van der Waals surface area (Å²) < 4.78 is 36.7. The van der Waals surface area contributed by atoms with Crippen LogP contribution in [0.4, 0.5) is 13.6 Å². The van der Waals surface area contributed by atoms with Gasteiger partial charge >= 0.3 is 6.09 Å². The Balaban J connectivity index is 1.56. The average molecular weight is 511 g/mol. The minimum Gasteiger partial charge on any atom is -0.444 e. The molecule has 0 unspecified atom stereocenters. The van der Waals surface area contributed by atoms with Crippen LogP contribution in [0.5, 0.6) is 0 Å². The number of amides is 2. The molecule has 7 nitrogen and oxygen atoms in total. The number of rotatable bonds is 3. The highest BCUT2D eigenvalue weighted by molar-refractivity contribution is 6.03. The van der Waals surface area contributed by atoms with Crippen molar-refractivity contribution >= 4 is 17.5 Å². The first kappa shape index (κ1) is 25.2. The van der Waals surface area contributed by atoms with E-state index in [0.717, 1.165) is 18.4 Å². The fourth-order valence-corrected chi connectivity index (χ4v) is 5.24. The zero-order valence-corrected chi connectivity index (χ0v) is 21.8. The Bertz CT molecular complexity index is 1390. The van der Waals surface area contributed by atoms with Gasteiger partial charge in [0.05, 0.1) is 5.56 Å². The maximum Gasteiger partial charge on any atom is 0.410 e. The van der Waals surface area contributed by atoms with Gasteiger partial charge in [0.15, 0.2) is 0 Å². The quantitative estimate of drug-likeness (QED) is 0.464. The van der Waals surface area contributed by atoms with Gasteiger partial charge < -0.3 is 18.9 Å². The van der Waals surface area contributed by atoms with Gasteiger partial charge in [-0.15, -0.1) is 0 Å². The summed E-state index contributed by atoms with van der Waals surface area (Å²) in [6.45, 7) is 10.7. The summed E-state index contributed by atoms with van der Waals surface area (Å²) in [7, 11) is 0. The summed E-state index contributed by atoms with van der Waals surface area (Å²) in [6, 6.07) is 5.96. The monoisotopic (exact) mass is 510 g/mol. The number of aryl methyl sites for hydroxylation is 1. The minimum atomic E-state index is -0.652. The summed E-state index contributed by atoms with van der Waals surface area (Å²) in [5, 5.41) is 0. The molecule has 0 N–H and O–H groups in total. The van der Waals surface area contributed by atoms with Crippen LogP contribution >= 0.6 is 0 Å². The van der Waals surface area contributed by atoms with E-state index in [9.17, 15) is 14.0 Å². The molecule has 5 rings (SSSR count). The van der Waals surface area contributed by atoms with Gasteiger partial charge in [-0.3, -0.25) is 4.79 Å². The Morgan fingerprint density at radius 3 is 2.49 bits per heavy atom. The third-order valence-electron chi connectivity index (χ3n) is 7.21. The number of pyridine rings is 1. The van der Waals surface area contributed by atoms with Gasteiger partial charge in [0, 0.05) is 43.4 Å². The smallest absolute Gasteiger partial charge is 0.410 e. The number of imidazole rings is 1. The van der Waals surface area contributed by atoms with E-state index in [1.807, 2.05) is 40.0 Å². The van der Waals surface area contributed by atoms with Crippen molar-refractivity contribution in [2.75, 3.05) is 19.6 Å². The average Bonchev–Trinajstić information content (AvgIpc) is 3.33. The summed E-state index contributed by atoms with van der Waals surface area (Å²) in [5.41, 5.74) is 1.66. The van der Waals surface area contributed by atoms with E-state index in [4.69, 9.17) is 4.74 Å². The zero-order chi connectivity index (χ0) is 26.6. The lowest BCUT2D eigenvalue weighted by Gasteiger charge is -2.40. The molecule has 1 aromatic carbocycles. The maximum absolute atomic E-state index is 15.1. The largest absolute Gasteiger partial charge is 0.444 e. The molecule has 0 radical (unpaired) electrons. The van der Waals surface area contributed by atoms with E-state index in [-0.39, 0.29) is 35.0 Å². The molecule has 0 spiro atoms. The number of carbonyl (C=O) groups is 2. The Morgan fingerprint density at radius 1 is 1.11 bits per heavy atom. The van der Waals surface area contributed by atoms with Crippen LogP contribution in [-0.4, -0.2) is 62.5 Å². The maximum atomic E-state index is 15.1. The van der Waals surface area contributed by atoms with Gasteiger partial charge in [0.25, 0.3) is 5.91 Å². The Hall–Kier alpha value is -3.49. The van der Waals surface area contributed by atoms with Crippen LogP contribution < -0.4 is 0 Å². The molecular formula is C28H32F2N4O3. The molecule has 0 aliphatic carbocycles. The van der Waals surface area contributed by atoms with E-state index in [2.05, 4.69) is 4.98 Å². The van der Waals surface area contributed by atoms with E-state index < -0.39 is 17.4 Å². The Kier molecular flexibility index (Phi) is 6.20. The number of hydrogen-bond acceptors (Lipinski definition) is 4. The van der Waals surface area contributed by atoms with Crippen molar-refractivity contribution in [3.63, 3.8) is 0 Å². The number of ether oxygens (including phenoxy) is 1. The van der Waals surface area contributed by atoms with E-state index in [1.165, 1.54) is 18.2 Å². The third kappa shape index (κ3) is 4.67. The van der Waals surface area contributed by atoms with Crippen molar-refractivity contribution in [1.82, 2.24) is 19.2 Å². The summed E-state index contributed by atoms with van der Waals surface area (Å²) in [5.74, 6) is -0.983. The van der Waals surface area contributed by atoms with Crippen LogP contribution in [0.2, 0.25) is 0 Å². The summed E-state index contributed by atoms with van der Waals surface area (Å²) in [4.78, 5) is 33.4. The SMILES string of the molecule is Cc1nc(F)c2c(-c3ccc(F)cc3C(=O)N3CCC[C@H]3C)cc(C3CN(C(=O)OC(C)(C)C)C3)cn12. The minimum absolute atomic E-state index is 0.00117. The molecule has 37 heavy (non-hydrogen) atoms. The van der Waals surface area contributed by atoms with Crippen molar-refractivity contribution in [3.05, 3.63) is 59.2 Å². The predicted molar refractivity (Wildman–Crippen MR) is 136 cm³/mol. The summed E-state index contributed by atoms with van der Waals surface area (Å²) in [6.07, 6.45) is 3.24. The van der Waals surface area contributed by atoms with Gasteiger partial charge in [-0.25, -0.2) is 14.2 Å². The number of aromatic nitrogens is 2. The molecule has 2 amide bonds. The topological polar surface area (TPSA) is 67.2 Å². The van der Waals surface area contributed by atoms with Crippen molar-refractivity contribution in [1.29, 1.82) is 0 Å². The standard InChI is InChI=1S/C28H32F2N4O3/c1-16-7-6-10-33(16)26(35)23-12-20(29)8-9-21(23)22-11-18(15-34-17(2)31-25(30)24(22)34)19-13-32(14-19)27(36)37-28(3,4)5/h8-9,11-12,15-16,19H,6-7,10,13-14H2,1-5H3/t16-/m1/s1. The number of nitrogens with zero attached hydrogens (tertiary/aromatic N) is 4. The van der Waals surface area contributed by atoms with Crippen molar-refractivity contribution < 1.29 is 23.1 Å². The second-order valence-electron chi connectivity index (χ2n) is 11.1. The van der Waals surface area contributed by atoms with Crippen LogP contribution in [0.25, 0.3) is 16.6 Å². The molecule has 2 aliphatic rings. The first-order chi connectivity index (χ1) is 17.4. The van der Waals surface area contributed by atoms with E-state index in [1.54, 1.807) is 21.1 Å². The fraction of sp³-hybridized carbons (Fsp3) is 0.464. The van der Waals surface area contributed by atoms with E-state index in [0.29, 0.717) is 36.6 Å². The number of likely N-dealkylation sites (tertiary alicyclic amines) is 2. The highest BCUT2D eigenvalue weighted by atomic mass is 19.1. The number of fused-ring (bicyclic) bond motifs is 1. The lowest BCUT2D eigenvalue weighted by Crippen LogP contribution is -2.50. The van der Waals surface area contributed by atoms with Crippen molar-refractivity contribution in [2.45, 2.75) is 65.0 Å². The zero-order valence-electron chi connectivity index (χ0n) is 21.8. The molecule has 0 bridgehead atoms. The Labute approximate surface area is 215 Å². The first-order valence-corrected chi connectivity index (χ1v) is 12.7. The Morgan fingerprint density at radius 2 is 1.84 bits per heavy atom. The molecule has 196 valence electrons. The van der Waals surface area contributed by atoms with Crippen molar-refractivity contribution in [2.24, 2.45) is 0 Å². The number of hydrogen-bond donors (Lipinski definition) is 0. The molecule has 4 heterocycles. The molecule has 9 heteroatoms. The molecule has 2 aliphatic heterocycles. The highest BCUT2D eigenvalue weighted by Gasteiger charge is 2.36. The first-order valence-electron chi connectivity index (χ1n) is 12.7. The second-order valence-corrected chi connectivity index (χ2v) is 11.1. The summed E-state index contributed by atoms with van der Waals surface area (Å²) >= 11 is 0. The molecule has 1 atom stereocenters. The van der Waals surface area contributed by atoms with Gasteiger partial charge in [0.1, 0.15) is 22.8 Å². The molecule has 2 saturated heterocycles. The number of carbonyl (C=O) groups excluding carboxylic acids is 2. The van der Waals surface area contributed by atoms with Crippen LogP contribution in [0.15, 0.2) is 30.5 Å². The predicted octanol–water partition coefficient (Wildman–Crippen LogP) is 5.55. The van der Waals surface area contributed by atoms with Gasteiger partial charge in [-0.05, 0) is 76.8 Å². The van der Waals surface area contributed by atoms with Crippen LogP contribution in [-0.2, 0) is 4.74 Å².